The average Bonchev–Trinajstić information content (AvgIpc) is 2.27. The largest absolute Gasteiger partial charge is 0.390 e. The zero-order chi connectivity index (χ0) is 11.8. The number of aliphatic hydroxyl groups excluding tert-OH is 1. The van der Waals surface area contributed by atoms with Gasteiger partial charge in [-0.25, -0.2) is 0 Å². The lowest BCUT2D eigenvalue weighted by molar-refractivity contribution is 0.0547. The molecular formula is C12H18O3S. The van der Waals surface area contributed by atoms with Gasteiger partial charge in [0.2, 0.25) is 0 Å². The third-order valence-electron chi connectivity index (χ3n) is 2.06. The minimum absolute atomic E-state index is 0.261. The van der Waals surface area contributed by atoms with E-state index in [0.29, 0.717) is 12.4 Å². The molecule has 16 heavy (non-hydrogen) atoms. The molecule has 0 fully saturated rings. The molecule has 90 valence electrons. The van der Waals surface area contributed by atoms with Gasteiger partial charge in [0, 0.05) is 23.2 Å². The third-order valence-corrected chi connectivity index (χ3v) is 3.47. The highest BCUT2D eigenvalue weighted by Gasteiger charge is 2.09. The molecule has 4 heteroatoms. The molecule has 0 aliphatic rings. The Morgan fingerprint density at radius 2 is 2.06 bits per heavy atom. The van der Waals surface area contributed by atoms with Crippen LogP contribution in [0, 0.1) is 0 Å². The summed E-state index contributed by atoms with van der Waals surface area (Å²) in [5.41, 5.74) is 1.03. The number of hydrogen-bond donors (Lipinski definition) is 1. The second kappa shape index (κ2) is 7.54. The molecule has 0 radical (unpaired) electrons. The number of aliphatic hydroxyl groups is 1. The molecular weight excluding hydrogens is 224 g/mol. The summed E-state index contributed by atoms with van der Waals surface area (Å²) in [5.74, 6) is 0.763. The van der Waals surface area contributed by atoms with E-state index in [1.807, 2.05) is 37.3 Å². The lowest BCUT2D eigenvalue weighted by atomic mass is 10.2. The molecule has 0 saturated carbocycles. The number of rotatable bonds is 7. The fourth-order valence-electron chi connectivity index (χ4n) is 1.34. The van der Waals surface area contributed by atoms with Crippen molar-refractivity contribution in [3.05, 3.63) is 35.9 Å². The summed E-state index contributed by atoms with van der Waals surface area (Å²) in [4.78, 5) is 0. The molecule has 2 atom stereocenters. The Morgan fingerprint density at radius 3 is 2.69 bits per heavy atom. The van der Waals surface area contributed by atoms with Crippen molar-refractivity contribution >= 4 is 10.8 Å². The van der Waals surface area contributed by atoms with E-state index in [-0.39, 0.29) is 12.4 Å². The van der Waals surface area contributed by atoms with Gasteiger partial charge in [-0.1, -0.05) is 30.3 Å². The lowest BCUT2D eigenvalue weighted by Crippen LogP contribution is -2.23. The Balaban J connectivity index is 2.31. The van der Waals surface area contributed by atoms with Gasteiger partial charge < -0.3 is 9.84 Å². The number of ether oxygens (including phenoxy) is 1. The normalized spacial score (nSPS) is 14.6. The van der Waals surface area contributed by atoms with Gasteiger partial charge in [0.05, 0.1) is 18.5 Å². The monoisotopic (exact) mass is 242 g/mol. The smallest absolute Gasteiger partial charge is 0.0888 e. The quantitative estimate of drug-likeness (QED) is 0.784. The van der Waals surface area contributed by atoms with Crippen molar-refractivity contribution in [1.82, 2.24) is 0 Å². The van der Waals surface area contributed by atoms with Crippen molar-refractivity contribution in [2.75, 3.05) is 19.0 Å². The topological polar surface area (TPSA) is 46.5 Å². The predicted octanol–water partition coefficient (Wildman–Crippen LogP) is 1.33. The Morgan fingerprint density at radius 1 is 1.38 bits per heavy atom. The van der Waals surface area contributed by atoms with E-state index in [1.165, 1.54) is 0 Å². The van der Waals surface area contributed by atoms with E-state index in [9.17, 15) is 9.32 Å². The molecule has 1 aromatic rings. The van der Waals surface area contributed by atoms with Crippen LogP contribution in [-0.4, -0.2) is 34.4 Å². The highest BCUT2D eigenvalue weighted by atomic mass is 32.2. The van der Waals surface area contributed by atoms with E-state index in [4.69, 9.17) is 4.74 Å². The molecule has 0 unspecified atom stereocenters. The molecule has 0 bridgehead atoms. The SMILES string of the molecule is CCOC[C@@H](O)C[S@](=O)Cc1ccccc1. The Kier molecular flexibility index (Phi) is 6.30. The van der Waals surface area contributed by atoms with Crippen molar-refractivity contribution in [2.24, 2.45) is 0 Å². The molecule has 0 saturated heterocycles. The minimum atomic E-state index is -1.03. The van der Waals surface area contributed by atoms with Gasteiger partial charge in [-0.15, -0.1) is 0 Å². The molecule has 0 amide bonds. The summed E-state index contributed by atoms with van der Waals surface area (Å²) < 4.78 is 16.7. The van der Waals surface area contributed by atoms with Gasteiger partial charge in [0.25, 0.3) is 0 Å². The van der Waals surface area contributed by atoms with Gasteiger partial charge in [-0.05, 0) is 12.5 Å². The average molecular weight is 242 g/mol. The zero-order valence-electron chi connectivity index (χ0n) is 9.46. The highest BCUT2D eigenvalue weighted by Crippen LogP contribution is 2.04. The lowest BCUT2D eigenvalue weighted by Gasteiger charge is -2.09. The summed E-state index contributed by atoms with van der Waals surface area (Å²) in [6.45, 7) is 2.70. The van der Waals surface area contributed by atoms with Crippen molar-refractivity contribution in [1.29, 1.82) is 0 Å². The fourth-order valence-corrected chi connectivity index (χ4v) is 2.54. The maximum atomic E-state index is 11.7. The molecule has 3 nitrogen and oxygen atoms in total. The molecule has 1 N–H and O–H groups in total. The van der Waals surface area contributed by atoms with Crippen LogP contribution >= 0.6 is 0 Å². The second-order valence-electron chi connectivity index (χ2n) is 3.55. The van der Waals surface area contributed by atoms with Crippen LogP contribution < -0.4 is 0 Å². The molecule has 0 aromatic heterocycles. The minimum Gasteiger partial charge on any atom is -0.390 e. The second-order valence-corrected chi connectivity index (χ2v) is 5.05. The van der Waals surface area contributed by atoms with E-state index in [0.717, 1.165) is 5.56 Å². The molecule has 1 aromatic carbocycles. The van der Waals surface area contributed by atoms with Gasteiger partial charge in [0.1, 0.15) is 0 Å². The maximum absolute atomic E-state index is 11.7. The van der Waals surface area contributed by atoms with Gasteiger partial charge in [-0.3, -0.25) is 4.21 Å². The summed E-state index contributed by atoms with van der Waals surface area (Å²) in [6, 6.07) is 9.64. The zero-order valence-corrected chi connectivity index (χ0v) is 10.3. The first-order valence-electron chi connectivity index (χ1n) is 5.37. The predicted molar refractivity (Wildman–Crippen MR) is 65.7 cm³/mol. The molecule has 1 rings (SSSR count). The number of benzene rings is 1. The Labute approximate surface area is 98.9 Å². The summed E-state index contributed by atoms with van der Waals surface area (Å²) in [5, 5.41) is 9.51. The number of hydrogen-bond acceptors (Lipinski definition) is 3. The maximum Gasteiger partial charge on any atom is 0.0888 e. The van der Waals surface area contributed by atoms with Gasteiger partial charge in [-0.2, -0.15) is 0 Å². The van der Waals surface area contributed by atoms with Crippen LogP contribution in [0.2, 0.25) is 0 Å². The standard InChI is InChI=1S/C12H18O3S/c1-2-15-8-12(13)10-16(14)9-11-6-4-3-5-7-11/h3-7,12-13H,2,8-10H2,1H3/t12-,16-/m1/s1. The molecule has 0 spiro atoms. The van der Waals surface area contributed by atoms with Crippen LogP contribution in [-0.2, 0) is 21.3 Å². The van der Waals surface area contributed by atoms with Crippen LogP contribution in [0.5, 0.6) is 0 Å². The first-order valence-corrected chi connectivity index (χ1v) is 6.86. The van der Waals surface area contributed by atoms with Crippen LogP contribution in [0.3, 0.4) is 0 Å². The van der Waals surface area contributed by atoms with Crippen LogP contribution in [0.1, 0.15) is 12.5 Å². The van der Waals surface area contributed by atoms with Crippen LogP contribution in [0.4, 0.5) is 0 Å². The first-order chi connectivity index (χ1) is 7.72. The Bertz CT molecular complexity index is 313. The van der Waals surface area contributed by atoms with Crippen molar-refractivity contribution in [3.63, 3.8) is 0 Å². The summed E-state index contributed by atoms with van der Waals surface area (Å²) in [7, 11) is -1.03. The molecule has 0 heterocycles. The molecule has 0 aliphatic carbocycles. The van der Waals surface area contributed by atoms with Gasteiger partial charge in [0.15, 0.2) is 0 Å². The van der Waals surface area contributed by atoms with Crippen molar-refractivity contribution in [2.45, 2.75) is 18.8 Å². The summed E-state index contributed by atoms with van der Waals surface area (Å²) >= 11 is 0. The van der Waals surface area contributed by atoms with E-state index in [1.54, 1.807) is 0 Å². The summed E-state index contributed by atoms with van der Waals surface area (Å²) in [6.07, 6.45) is -0.635. The van der Waals surface area contributed by atoms with Crippen LogP contribution in [0.15, 0.2) is 30.3 Å². The highest BCUT2D eigenvalue weighted by molar-refractivity contribution is 7.84. The Hall–Kier alpha value is -0.710. The van der Waals surface area contributed by atoms with E-state index < -0.39 is 16.9 Å². The van der Waals surface area contributed by atoms with Crippen LogP contribution in [0.25, 0.3) is 0 Å². The van der Waals surface area contributed by atoms with Crippen molar-refractivity contribution in [3.8, 4) is 0 Å². The van der Waals surface area contributed by atoms with E-state index in [2.05, 4.69) is 0 Å². The van der Waals surface area contributed by atoms with E-state index >= 15 is 0 Å². The molecule has 0 aliphatic heterocycles. The van der Waals surface area contributed by atoms with Crippen molar-refractivity contribution < 1.29 is 14.1 Å². The van der Waals surface area contributed by atoms with Gasteiger partial charge >= 0.3 is 0 Å². The first kappa shape index (κ1) is 13.4. The fraction of sp³-hybridized carbons (Fsp3) is 0.500. The third kappa shape index (κ3) is 5.39.